The number of hydrogen-bond donors (Lipinski definition) is 1. The molecule has 2 aromatic carbocycles. The molecule has 0 atom stereocenters. The van der Waals surface area contributed by atoms with Crippen molar-refractivity contribution in [2.24, 2.45) is 0 Å². The van der Waals surface area contributed by atoms with E-state index in [4.69, 9.17) is 21.7 Å². The molecule has 0 aliphatic carbocycles. The summed E-state index contributed by atoms with van der Waals surface area (Å²) in [5.74, 6) is 0.139. The van der Waals surface area contributed by atoms with Gasteiger partial charge in [0, 0.05) is 12.1 Å². The van der Waals surface area contributed by atoms with Crippen molar-refractivity contribution in [3.63, 3.8) is 0 Å². The van der Waals surface area contributed by atoms with E-state index in [9.17, 15) is 19.7 Å². The van der Waals surface area contributed by atoms with Gasteiger partial charge in [-0.05, 0) is 72.1 Å². The van der Waals surface area contributed by atoms with Crippen molar-refractivity contribution in [3.8, 4) is 11.5 Å². The van der Waals surface area contributed by atoms with Gasteiger partial charge in [-0.3, -0.25) is 25.1 Å². The topological polar surface area (TPSA) is 111 Å². The van der Waals surface area contributed by atoms with Gasteiger partial charge in [-0.15, -0.1) is 11.3 Å². The van der Waals surface area contributed by atoms with Crippen LogP contribution in [0.3, 0.4) is 0 Å². The molecule has 1 fully saturated rings. The number of nitrogens with one attached hydrogen (secondary N) is 1. The average Bonchev–Trinajstić information content (AvgIpc) is 3.49. The SMILES string of the molecule is CCOc1cc(/C=C2/SC(=S)N(NC(=O)c3cccs3)C2=O)ccc1OCc1ccc([N+](=O)[O-])cc1. The van der Waals surface area contributed by atoms with Gasteiger partial charge in [0.1, 0.15) is 6.61 Å². The van der Waals surface area contributed by atoms with Crippen LogP contribution >= 0.6 is 35.3 Å². The maximum Gasteiger partial charge on any atom is 0.285 e. The minimum absolute atomic E-state index is 0.00890. The summed E-state index contributed by atoms with van der Waals surface area (Å²) in [7, 11) is 0. The number of nitrogens with zero attached hydrogens (tertiary/aromatic N) is 2. The maximum atomic E-state index is 12.9. The van der Waals surface area contributed by atoms with Gasteiger partial charge in [0.15, 0.2) is 15.8 Å². The molecule has 0 saturated carbocycles. The van der Waals surface area contributed by atoms with Crippen LogP contribution in [0, 0.1) is 10.1 Å². The third-order valence-electron chi connectivity index (χ3n) is 4.86. The summed E-state index contributed by atoms with van der Waals surface area (Å²) >= 11 is 7.64. The molecule has 0 unspecified atom stereocenters. The van der Waals surface area contributed by atoms with Crippen LogP contribution in [0.25, 0.3) is 6.08 Å². The fraction of sp³-hybridized carbons (Fsp3) is 0.125. The molecule has 3 aromatic rings. The van der Waals surface area contributed by atoms with Gasteiger partial charge >= 0.3 is 0 Å². The van der Waals surface area contributed by atoms with Crippen molar-refractivity contribution in [2.45, 2.75) is 13.5 Å². The molecule has 184 valence electrons. The van der Waals surface area contributed by atoms with Crippen LogP contribution in [0.4, 0.5) is 5.69 Å². The van der Waals surface area contributed by atoms with Gasteiger partial charge in [-0.2, -0.15) is 5.01 Å². The molecule has 1 saturated heterocycles. The molecule has 0 radical (unpaired) electrons. The summed E-state index contributed by atoms with van der Waals surface area (Å²) in [6.07, 6.45) is 1.67. The molecule has 1 N–H and O–H groups in total. The normalized spacial score (nSPS) is 14.2. The standard InChI is InChI=1S/C24H19N3O6S3/c1-2-32-19-12-16(7-10-18(19)33-14-15-5-8-17(9-6-15)27(30)31)13-21-23(29)26(24(34)36-21)25-22(28)20-4-3-11-35-20/h3-13H,2,14H2,1H3,(H,25,28)/b21-13+. The van der Waals surface area contributed by atoms with E-state index < -0.39 is 16.7 Å². The smallest absolute Gasteiger partial charge is 0.285 e. The lowest BCUT2D eigenvalue weighted by molar-refractivity contribution is -0.384. The van der Waals surface area contributed by atoms with E-state index in [0.29, 0.717) is 33.5 Å². The van der Waals surface area contributed by atoms with Gasteiger partial charge < -0.3 is 9.47 Å². The van der Waals surface area contributed by atoms with Gasteiger partial charge in [0.2, 0.25) is 0 Å². The Hall–Kier alpha value is -3.74. The Kier molecular flexibility index (Phi) is 7.98. The van der Waals surface area contributed by atoms with Crippen molar-refractivity contribution < 1.29 is 24.0 Å². The summed E-state index contributed by atoms with van der Waals surface area (Å²) in [6.45, 7) is 2.43. The van der Waals surface area contributed by atoms with Crippen molar-refractivity contribution in [3.05, 3.63) is 91.0 Å². The highest BCUT2D eigenvalue weighted by atomic mass is 32.2. The van der Waals surface area contributed by atoms with E-state index >= 15 is 0 Å². The highest BCUT2D eigenvalue weighted by Crippen LogP contribution is 2.34. The molecule has 0 spiro atoms. The number of nitro benzene ring substituents is 1. The fourth-order valence-electron chi connectivity index (χ4n) is 3.16. The first-order valence-electron chi connectivity index (χ1n) is 10.6. The number of thiocarbonyl (C=S) groups is 1. The lowest BCUT2D eigenvalue weighted by atomic mass is 10.1. The highest BCUT2D eigenvalue weighted by Gasteiger charge is 2.34. The van der Waals surface area contributed by atoms with Crippen molar-refractivity contribution >= 4 is 63.2 Å². The van der Waals surface area contributed by atoms with Gasteiger partial charge in [-0.25, -0.2) is 0 Å². The zero-order valence-corrected chi connectivity index (χ0v) is 21.3. The van der Waals surface area contributed by atoms with E-state index in [2.05, 4.69) is 5.43 Å². The molecule has 12 heteroatoms. The van der Waals surface area contributed by atoms with Gasteiger partial charge in [-0.1, -0.05) is 23.9 Å². The molecule has 0 bridgehead atoms. The number of hydrazine groups is 1. The van der Waals surface area contributed by atoms with E-state index in [0.717, 1.165) is 22.3 Å². The Bertz CT molecular complexity index is 1340. The second-order valence-electron chi connectivity index (χ2n) is 7.29. The molecule has 1 aliphatic rings. The van der Waals surface area contributed by atoms with Crippen LogP contribution in [-0.4, -0.2) is 32.7 Å². The van der Waals surface area contributed by atoms with Crippen LogP contribution in [0.2, 0.25) is 0 Å². The Morgan fingerprint density at radius 3 is 2.61 bits per heavy atom. The molecular formula is C24H19N3O6S3. The number of nitro groups is 1. The third kappa shape index (κ3) is 5.90. The van der Waals surface area contributed by atoms with Crippen LogP contribution in [0.15, 0.2) is 64.9 Å². The van der Waals surface area contributed by atoms with Crippen LogP contribution in [0.1, 0.15) is 27.7 Å². The summed E-state index contributed by atoms with van der Waals surface area (Å²) in [5, 5.41) is 13.7. The van der Waals surface area contributed by atoms with Gasteiger partial charge in [0.05, 0.1) is 21.3 Å². The highest BCUT2D eigenvalue weighted by molar-refractivity contribution is 8.26. The second kappa shape index (κ2) is 11.3. The number of non-ortho nitro benzene ring substituents is 1. The molecule has 1 aliphatic heterocycles. The largest absolute Gasteiger partial charge is 0.490 e. The number of carbonyl (C=O) groups excluding carboxylic acids is 2. The number of hydrogen-bond acceptors (Lipinski definition) is 9. The Morgan fingerprint density at radius 2 is 1.94 bits per heavy atom. The van der Waals surface area contributed by atoms with Crippen molar-refractivity contribution in [1.82, 2.24) is 10.4 Å². The Labute approximate surface area is 219 Å². The number of ether oxygens (including phenoxy) is 2. The van der Waals surface area contributed by atoms with E-state index in [1.54, 1.807) is 53.9 Å². The molecule has 4 rings (SSSR count). The monoisotopic (exact) mass is 541 g/mol. The fourth-order valence-corrected chi connectivity index (χ4v) is 4.95. The van der Waals surface area contributed by atoms with Gasteiger partial charge in [0.25, 0.3) is 17.5 Å². The Balaban J connectivity index is 1.47. The number of thioether (sulfide) groups is 1. The van der Waals surface area contributed by atoms with Crippen LogP contribution in [-0.2, 0) is 11.4 Å². The summed E-state index contributed by atoms with van der Waals surface area (Å²) in [5.41, 5.74) is 4.01. The summed E-state index contributed by atoms with van der Waals surface area (Å²) < 4.78 is 11.8. The zero-order valence-electron chi connectivity index (χ0n) is 18.8. The number of rotatable bonds is 9. The minimum Gasteiger partial charge on any atom is -0.490 e. The second-order valence-corrected chi connectivity index (χ2v) is 9.91. The molecular weight excluding hydrogens is 522 g/mol. The lowest BCUT2D eigenvalue weighted by Crippen LogP contribution is -2.44. The van der Waals surface area contributed by atoms with Crippen LogP contribution < -0.4 is 14.9 Å². The molecule has 2 amide bonds. The number of amides is 2. The summed E-state index contributed by atoms with van der Waals surface area (Å²) in [6, 6.07) is 14.7. The lowest BCUT2D eigenvalue weighted by Gasteiger charge is -2.14. The molecule has 2 heterocycles. The molecule has 9 nitrogen and oxygen atoms in total. The Morgan fingerprint density at radius 1 is 1.17 bits per heavy atom. The van der Waals surface area contributed by atoms with E-state index in [1.807, 2.05) is 6.92 Å². The quantitative estimate of drug-likeness (QED) is 0.171. The third-order valence-corrected chi connectivity index (χ3v) is 7.03. The maximum absolute atomic E-state index is 12.9. The predicted molar refractivity (Wildman–Crippen MR) is 142 cm³/mol. The molecule has 36 heavy (non-hydrogen) atoms. The minimum atomic E-state index is -0.456. The average molecular weight is 542 g/mol. The number of benzene rings is 2. The first-order valence-corrected chi connectivity index (χ1v) is 12.7. The zero-order chi connectivity index (χ0) is 25.7. The van der Waals surface area contributed by atoms with E-state index in [-0.39, 0.29) is 16.6 Å². The van der Waals surface area contributed by atoms with E-state index in [1.165, 1.54) is 23.5 Å². The molecule has 1 aromatic heterocycles. The summed E-state index contributed by atoms with van der Waals surface area (Å²) in [4.78, 5) is 36.4. The first-order chi connectivity index (χ1) is 17.4. The number of thiophene rings is 1. The predicted octanol–water partition coefficient (Wildman–Crippen LogP) is 5.18. The first kappa shape index (κ1) is 25.4. The van der Waals surface area contributed by atoms with Crippen molar-refractivity contribution in [1.29, 1.82) is 0 Å². The van der Waals surface area contributed by atoms with Crippen molar-refractivity contribution in [2.75, 3.05) is 6.61 Å². The van der Waals surface area contributed by atoms with Crippen LogP contribution in [0.5, 0.6) is 11.5 Å². The number of carbonyl (C=O) groups is 2.